The maximum absolute atomic E-state index is 14.0. The molecule has 1 aliphatic carbocycles. The minimum absolute atomic E-state index is 0.0642. The van der Waals surface area contributed by atoms with E-state index < -0.39 is 0 Å². The normalized spacial score (nSPS) is 16.3. The van der Waals surface area contributed by atoms with Gasteiger partial charge in [0, 0.05) is 16.5 Å². The summed E-state index contributed by atoms with van der Waals surface area (Å²) in [6, 6.07) is 30.1. The van der Waals surface area contributed by atoms with Crippen molar-refractivity contribution in [3.05, 3.63) is 139 Å². The number of thiazole rings is 1. The first kappa shape index (κ1) is 24.0. The smallest absolute Gasteiger partial charge is 0.271 e. The predicted molar refractivity (Wildman–Crippen MR) is 155 cm³/mol. The highest BCUT2D eigenvalue weighted by Crippen LogP contribution is 2.41. The van der Waals surface area contributed by atoms with Crippen molar-refractivity contribution in [1.29, 1.82) is 0 Å². The monoisotopic (exact) mass is 548 g/mol. The minimum Gasteiger partial charge on any atom is -0.497 e. The first-order valence-electron chi connectivity index (χ1n) is 12.8. The molecule has 0 amide bonds. The van der Waals surface area contributed by atoms with Crippen LogP contribution >= 0.6 is 23.1 Å². The third kappa shape index (κ3) is 4.37. The summed E-state index contributed by atoms with van der Waals surface area (Å²) >= 11 is 2.96. The third-order valence-corrected chi connectivity index (χ3v) is 9.03. The van der Waals surface area contributed by atoms with Crippen molar-refractivity contribution in [3.63, 3.8) is 0 Å². The number of methoxy groups -OCH3 is 1. The fraction of sp³-hybridized carbons (Fsp3) is 0.125. The molecule has 7 rings (SSSR count). The van der Waals surface area contributed by atoms with Crippen LogP contribution in [0, 0.1) is 0 Å². The second-order valence-corrected chi connectivity index (χ2v) is 11.5. The van der Waals surface area contributed by atoms with Gasteiger partial charge in [-0.1, -0.05) is 77.7 Å². The molecular weight excluding hydrogens is 524 g/mol. The lowest BCUT2D eigenvalue weighted by Gasteiger charge is -2.31. The molecule has 5 aromatic rings. The Kier molecular flexibility index (Phi) is 6.10. The Bertz CT molecular complexity index is 1910. The molecule has 1 atom stereocenters. The van der Waals surface area contributed by atoms with Crippen LogP contribution in [0.25, 0.3) is 11.8 Å². The summed E-state index contributed by atoms with van der Waals surface area (Å²) in [5, 5.41) is 0.779. The quantitative estimate of drug-likeness (QED) is 0.268. The van der Waals surface area contributed by atoms with Crippen LogP contribution in [0.15, 0.2) is 121 Å². The number of rotatable bonds is 5. The number of allylic oxidation sites excluding steroid dienone is 1. The minimum atomic E-state index is -0.248. The Balaban J connectivity index is 1.37. The molecule has 39 heavy (non-hydrogen) atoms. The van der Waals surface area contributed by atoms with Gasteiger partial charge >= 0.3 is 0 Å². The molecule has 0 unspecified atom stereocenters. The van der Waals surface area contributed by atoms with Crippen molar-refractivity contribution in [1.82, 2.24) is 4.57 Å². The molecule has 0 saturated heterocycles. The van der Waals surface area contributed by atoms with E-state index in [0.717, 1.165) is 45.4 Å². The zero-order valence-corrected chi connectivity index (χ0v) is 22.8. The standard InChI is InChI=1S/C32H24N2O3S2/c1-36-22-10-7-9-21(18-22)30-26-16-14-20-8-5-6-13-25(20)29(26)33-32-34(30)31(35)27(39-32)19-23-15-17-28(37-23)38-24-11-3-2-4-12-24/h2-13,15,17-19,30H,14,16H2,1H3/b27-19-/t30-/m0/s1. The number of aromatic nitrogens is 1. The van der Waals surface area contributed by atoms with Gasteiger partial charge in [0.15, 0.2) is 9.89 Å². The van der Waals surface area contributed by atoms with Gasteiger partial charge in [0.05, 0.1) is 23.4 Å². The van der Waals surface area contributed by atoms with E-state index in [1.807, 2.05) is 71.3 Å². The summed E-state index contributed by atoms with van der Waals surface area (Å²) in [4.78, 5) is 20.8. The molecular formula is C32H24N2O3S2. The van der Waals surface area contributed by atoms with Crippen LogP contribution < -0.4 is 19.6 Å². The number of ether oxygens (including phenoxy) is 1. The number of hydrogen-bond acceptors (Lipinski definition) is 6. The number of hydrogen-bond donors (Lipinski definition) is 0. The van der Waals surface area contributed by atoms with E-state index >= 15 is 0 Å². The van der Waals surface area contributed by atoms with Crippen LogP contribution in [0.5, 0.6) is 5.75 Å². The Morgan fingerprint density at radius 2 is 1.85 bits per heavy atom. The van der Waals surface area contributed by atoms with Gasteiger partial charge in [0.2, 0.25) is 0 Å². The van der Waals surface area contributed by atoms with Gasteiger partial charge in [0.25, 0.3) is 5.56 Å². The molecule has 5 nitrogen and oxygen atoms in total. The van der Waals surface area contributed by atoms with Crippen molar-refractivity contribution in [3.8, 4) is 5.75 Å². The lowest BCUT2D eigenvalue weighted by atomic mass is 9.83. The Hall–Kier alpha value is -4.07. The SMILES string of the molecule is COc1cccc([C@H]2C3=C(N=c4s/c(=C\c5ccc(Sc6ccccc6)o5)c(=O)n42)c2ccccc2CC3)c1. The summed E-state index contributed by atoms with van der Waals surface area (Å²) in [6.07, 6.45) is 3.60. The number of benzene rings is 3. The molecule has 1 aliphatic heterocycles. The van der Waals surface area contributed by atoms with Crippen molar-refractivity contribution < 1.29 is 9.15 Å². The molecule has 3 heterocycles. The lowest BCUT2D eigenvalue weighted by molar-refractivity contribution is 0.413. The van der Waals surface area contributed by atoms with Crippen LogP contribution in [0.3, 0.4) is 0 Å². The second-order valence-electron chi connectivity index (χ2n) is 9.46. The largest absolute Gasteiger partial charge is 0.497 e. The van der Waals surface area contributed by atoms with Crippen LogP contribution in [0.4, 0.5) is 0 Å². The van der Waals surface area contributed by atoms with Crippen molar-refractivity contribution >= 4 is 34.9 Å². The molecule has 2 aromatic heterocycles. The van der Waals surface area contributed by atoms with Crippen LogP contribution in [-0.2, 0) is 6.42 Å². The molecule has 7 heteroatoms. The Morgan fingerprint density at radius 3 is 2.72 bits per heavy atom. The van der Waals surface area contributed by atoms with Crippen molar-refractivity contribution in [2.45, 2.75) is 28.9 Å². The number of aryl methyl sites for hydroxylation is 1. The summed E-state index contributed by atoms with van der Waals surface area (Å²) < 4.78 is 14.1. The Labute approximate surface area is 233 Å². The highest BCUT2D eigenvalue weighted by molar-refractivity contribution is 7.99. The number of nitrogens with zero attached hydrogens (tertiary/aromatic N) is 2. The fourth-order valence-electron chi connectivity index (χ4n) is 5.33. The van der Waals surface area contributed by atoms with Gasteiger partial charge in [-0.25, -0.2) is 4.99 Å². The highest BCUT2D eigenvalue weighted by atomic mass is 32.2. The topological polar surface area (TPSA) is 56.7 Å². The molecule has 0 fully saturated rings. The summed E-state index contributed by atoms with van der Waals surface area (Å²) in [5.74, 6) is 1.41. The van der Waals surface area contributed by atoms with Gasteiger partial charge < -0.3 is 9.15 Å². The fourth-order valence-corrected chi connectivity index (χ4v) is 7.12. The van der Waals surface area contributed by atoms with E-state index in [2.05, 4.69) is 30.3 Å². The van der Waals surface area contributed by atoms with Gasteiger partial charge in [-0.2, -0.15) is 0 Å². The zero-order chi connectivity index (χ0) is 26.3. The third-order valence-electron chi connectivity index (χ3n) is 7.12. The lowest BCUT2D eigenvalue weighted by Crippen LogP contribution is -2.38. The molecule has 0 spiro atoms. The Morgan fingerprint density at radius 1 is 1.00 bits per heavy atom. The van der Waals surface area contributed by atoms with Crippen LogP contribution in [-0.4, -0.2) is 11.7 Å². The molecule has 0 bridgehead atoms. The average Bonchev–Trinajstić information content (AvgIpc) is 3.55. The maximum Gasteiger partial charge on any atom is 0.271 e. The van der Waals surface area contributed by atoms with Crippen molar-refractivity contribution in [2.75, 3.05) is 7.11 Å². The molecule has 0 saturated carbocycles. The van der Waals surface area contributed by atoms with E-state index in [9.17, 15) is 4.79 Å². The first-order valence-corrected chi connectivity index (χ1v) is 14.4. The predicted octanol–water partition coefficient (Wildman–Crippen LogP) is 6.07. The summed E-state index contributed by atoms with van der Waals surface area (Å²) in [7, 11) is 1.67. The van der Waals surface area contributed by atoms with Crippen LogP contribution in [0.2, 0.25) is 0 Å². The zero-order valence-electron chi connectivity index (χ0n) is 21.2. The van der Waals surface area contributed by atoms with Crippen LogP contribution in [0.1, 0.15) is 34.9 Å². The van der Waals surface area contributed by atoms with Gasteiger partial charge in [-0.3, -0.25) is 9.36 Å². The van der Waals surface area contributed by atoms with Gasteiger partial charge in [-0.15, -0.1) is 0 Å². The van der Waals surface area contributed by atoms with E-state index in [1.54, 1.807) is 18.9 Å². The van der Waals surface area contributed by atoms with Gasteiger partial charge in [-0.05, 0) is 65.9 Å². The maximum atomic E-state index is 14.0. The highest BCUT2D eigenvalue weighted by Gasteiger charge is 2.32. The molecule has 0 N–H and O–H groups in total. The number of fused-ring (bicyclic) bond motifs is 3. The van der Waals surface area contributed by atoms with E-state index in [0.29, 0.717) is 15.1 Å². The first-order chi connectivity index (χ1) is 19.2. The molecule has 192 valence electrons. The second kappa shape index (κ2) is 9.91. The number of furan rings is 1. The molecule has 3 aromatic carbocycles. The van der Waals surface area contributed by atoms with Crippen molar-refractivity contribution in [2.24, 2.45) is 4.99 Å². The van der Waals surface area contributed by atoms with E-state index in [-0.39, 0.29) is 11.6 Å². The van der Waals surface area contributed by atoms with E-state index in [1.165, 1.54) is 22.5 Å². The summed E-state index contributed by atoms with van der Waals surface area (Å²) in [6.45, 7) is 0. The van der Waals surface area contributed by atoms with E-state index in [4.69, 9.17) is 14.1 Å². The molecule has 0 radical (unpaired) electrons. The summed E-state index contributed by atoms with van der Waals surface area (Å²) in [5.41, 5.74) is 5.55. The molecule has 2 aliphatic rings. The average molecular weight is 549 g/mol. The van der Waals surface area contributed by atoms with Gasteiger partial charge in [0.1, 0.15) is 11.5 Å².